The summed E-state index contributed by atoms with van der Waals surface area (Å²) < 4.78 is 5.07. The van der Waals surface area contributed by atoms with Crippen molar-refractivity contribution < 1.29 is 14.6 Å². The Morgan fingerprint density at radius 1 is 1.35 bits per heavy atom. The number of hydrogen-bond donors (Lipinski definition) is 2. The van der Waals surface area contributed by atoms with Crippen LogP contribution in [0, 0.1) is 0 Å². The van der Waals surface area contributed by atoms with E-state index in [1.807, 2.05) is 24.3 Å². The lowest BCUT2D eigenvalue weighted by atomic mass is 10.2. The number of carbonyl (C=O) groups is 1. The molecular formula is C14H13ClN2O3. The predicted molar refractivity (Wildman–Crippen MR) is 76.5 cm³/mol. The third-order valence-electron chi connectivity index (χ3n) is 2.67. The van der Waals surface area contributed by atoms with E-state index < -0.39 is 5.97 Å². The summed E-state index contributed by atoms with van der Waals surface area (Å²) in [5.74, 6) is 0.162. The Labute approximate surface area is 121 Å². The number of nitrogens with zero attached hydrogens (tertiary/aromatic N) is 1. The van der Waals surface area contributed by atoms with Crippen molar-refractivity contribution in [3.05, 3.63) is 52.7 Å². The summed E-state index contributed by atoms with van der Waals surface area (Å²) in [5.41, 5.74) is 1.12. The van der Waals surface area contributed by atoms with Crippen molar-refractivity contribution >= 4 is 23.4 Å². The van der Waals surface area contributed by atoms with Gasteiger partial charge in [0.2, 0.25) is 0 Å². The molecule has 1 aromatic heterocycles. The van der Waals surface area contributed by atoms with E-state index in [0.29, 0.717) is 12.4 Å². The number of carboxylic acids is 1. The Hall–Kier alpha value is -2.27. The molecular weight excluding hydrogens is 280 g/mol. The molecule has 0 saturated carbocycles. The summed E-state index contributed by atoms with van der Waals surface area (Å²) in [7, 11) is 1.61. The van der Waals surface area contributed by atoms with Crippen LogP contribution in [0.2, 0.25) is 5.15 Å². The highest BCUT2D eigenvalue weighted by Crippen LogP contribution is 2.16. The SMILES string of the molecule is COc1ccc(CNc2cc(C(=O)O)cc(Cl)n2)cc1. The number of nitrogens with one attached hydrogen (secondary N) is 1. The molecule has 1 heterocycles. The lowest BCUT2D eigenvalue weighted by Crippen LogP contribution is -2.04. The van der Waals surface area contributed by atoms with Crippen LogP contribution in [0.15, 0.2) is 36.4 Å². The van der Waals surface area contributed by atoms with E-state index in [1.54, 1.807) is 7.11 Å². The van der Waals surface area contributed by atoms with Gasteiger partial charge in [0.1, 0.15) is 16.7 Å². The number of hydrogen-bond acceptors (Lipinski definition) is 4. The Balaban J connectivity index is 2.08. The molecule has 0 radical (unpaired) electrons. The van der Waals surface area contributed by atoms with Crippen molar-refractivity contribution in [2.24, 2.45) is 0 Å². The number of aromatic carboxylic acids is 1. The van der Waals surface area contributed by atoms with Crippen LogP contribution in [0.1, 0.15) is 15.9 Å². The zero-order valence-electron chi connectivity index (χ0n) is 10.8. The third-order valence-corrected chi connectivity index (χ3v) is 2.87. The summed E-state index contributed by atoms with van der Waals surface area (Å²) in [4.78, 5) is 15.0. The number of anilines is 1. The Kier molecular flexibility index (Phi) is 4.42. The van der Waals surface area contributed by atoms with Gasteiger partial charge in [0.25, 0.3) is 0 Å². The van der Waals surface area contributed by atoms with Crippen LogP contribution >= 0.6 is 11.6 Å². The fourth-order valence-corrected chi connectivity index (χ4v) is 1.86. The lowest BCUT2D eigenvalue weighted by molar-refractivity contribution is 0.0697. The number of halogens is 1. The van der Waals surface area contributed by atoms with Gasteiger partial charge in [-0.05, 0) is 29.8 Å². The summed E-state index contributed by atoms with van der Waals surface area (Å²) in [6.07, 6.45) is 0. The fraction of sp³-hybridized carbons (Fsp3) is 0.143. The molecule has 0 aliphatic carbocycles. The van der Waals surface area contributed by atoms with Crippen molar-refractivity contribution in [1.29, 1.82) is 0 Å². The number of pyridine rings is 1. The molecule has 0 aliphatic heterocycles. The van der Waals surface area contributed by atoms with Gasteiger partial charge >= 0.3 is 5.97 Å². The summed E-state index contributed by atoms with van der Waals surface area (Å²) in [6, 6.07) is 10.3. The van der Waals surface area contributed by atoms with Crippen molar-refractivity contribution in [3.63, 3.8) is 0 Å². The highest BCUT2D eigenvalue weighted by molar-refractivity contribution is 6.29. The first-order valence-corrected chi connectivity index (χ1v) is 6.24. The minimum Gasteiger partial charge on any atom is -0.497 e. The molecule has 5 nitrogen and oxygen atoms in total. The maximum absolute atomic E-state index is 10.9. The van der Waals surface area contributed by atoms with Crippen LogP contribution in [0.4, 0.5) is 5.82 Å². The topological polar surface area (TPSA) is 71.5 Å². The largest absolute Gasteiger partial charge is 0.497 e. The predicted octanol–water partition coefficient (Wildman–Crippen LogP) is 3.05. The van der Waals surface area contributed by atoms with Crippen LogP contribution in [0.5, 0.6) is 5.75 Å². The van der Waals surface area contributed by atoms with Crippen LogP contribution < -0.4 is 10.1 Å². The van der Waals surface area contributed by atoms with E-state index in [9.17, 15) is 4.79 Å². The Morgan fingerprint density at radius 2 is 2.05 bits per heavy atom. The molecule has 0 atom stereocenters. The minimum atomic E-state index is -1.04. The molecule has 104 valence electrons. The van der Waals surface area contributed by atoms with E-state index in [2.05, 4.69) is 10.3 Å². The number of rotatable bonds is 5. The van der Waals surface area contributed by atoms with Gasteiger partial charge < -0.3 is 15.2 Å². The normalized spacial score (nSPS) is 10.1. The fourth-order valence-electron chi connectivity index (χ4n) is 1.65. The van der Waals surface area contributed by atoms with Gasteiger partial charge in [0.05, 0.1) is 12.7 Å². The molecule has 1 aromatic carbocycles. The minimum absolute atomic E-state index is 0.0993. The summed E-state index contributed by atoms with van der Waals surface area (Å²) in [6.45, 7) is 0.510. The second kappa shape index (κ2) is 6.25. The van der Waals surface area contributed by atoms with Crippen molar-refractivity contribution in [3.8, 4) is 5.75 Å². The number of carboxylic acid groups (broad SMARTS) is 1. The smallest absolute Gasteiger partial charge is 0.335 e. The second-order valence-electron chi connectivity index (χ2n) is 4.07. The first-order chi connectivity index (χ1) is 9.58. The third kappa shape index (κ3) is 3.61. The molecule has 0 spiro atoms. The van der Waals surface area contributed by atoms with Crippen LogP contribution in [-0.2, 0) is 6.54 Å². The van der Waals surface area contributed by atoms with Crippen molar-refractivity contribution in [2.45, 2.75) is 6.54 Å². The number of methoxy groups -OCH3 is 1. The molecule has 0 saturated heterocycles. The van der Waals surface area contributed by atoms with E-state index >= 15 is 0 Å². The zero-order chi connectivity index (χ0) is 14.5. The number of benzene rings is 1. The highest BCUT2D eigenvalue weighted by atomic mass is 35.5. The summed E-state index contributed by atoms with van der Waals surface area (Å²) >= 11 is 5.78. The zero-order valence-corrected chi connectivity index (χ0v) is 11.5. The molecule has 0 amide bonds. The molecule has 0 bridgehead atoms. The molecule has 2 rings (SSSR count). The van der Waals surface area contributed by atoms with Crippen molar-refractivity contribution in [1.82, 2.24) is 4.98 Å². The average Bonchev–Trinajstić information content (AvgIpc) is 2.45. The van der Waals surface area contributed by atoms with Crippen molar-refractivity contribution in [2.75, 3.05) is 12.4 Å². The first-order valence-electron chi connectivity index (χ1n) is 5.86. The number of ether oxygens (including phenoxy) is 1. The molecule has 0 fully saturated rings. The first kappa shape index (κ1) is 14.1. The van der Waals surface area contributed by atoms with Crippen LogP contribution in [0.25, 0.3) is 0 Å². The lowest BCUT2D eigenvalue weighted by Gasteiger charge is -2.08. The van der Waals surface area contributed by atoms with Crippen LogP contribution in [0.3, 0.4) is 0 Å². The van der Waals surface area contributed by atoms with Gasteiger partial charge in [-0.3, -0.25) is 0 Å². The van der Waals surface area contributed by atoms with Gasteiger partial charge in [-0.2, -0.15) is 0 Å². The van der Waals surface area contributed by atoms with Crippen LogP contribution in [-0.4, -0.2) is 23.2 Å². The molecule has 2 N–H and O–H groups in total. The monoisotopic (exact) mass is 292 g/mol. The molecule has 0 unspecified atom stereocenters. The average molecular weight is 293 g/mol. The maximum atomic E-state index is 10.9. The molecule has 0 aliphatic rings. The quantitative estimate of drug-likeness (QED) is 0.829. The van der Waals surface area contributed by atoms with Gasteiger partial charge in [0.15, 0.2) is 0 Å². The Morgan fingerprint density at radius 3 is 2.65 bits per heavy atom. The maximum Gasteiger partial charge on any atom is 0.335 e. The van der Waals surface area contributed by atoms with E-state index in [1.165, 1.54) is 12.1 Å². The Bertz CT molecular complexity index is 614. The second-order valence-corrected chi connectivity index (χ2v) is 4.46. The molecule has 20 heavy (non-hydrogen) atoms. The van der Waals surface area contributed by atoms with Gasteiger partial charge in [-0.15, -0.1) is 0 Å². The standard InChI is InChI=1S/C14H13ClN2O3/c1-20-11-4-2-9(3-5-11)8-16-13-7-10(14(18)19)6-12(15)17-13/h2-7H,8H2,1H3,(H,16,17)(H,18,19). The molecule has 2 aromatic rings. The van der Waals surface area contributed by atoms with E-state index in [0.717, 1.165) is 11.3 Å². The van der Waals surface area contributed by atoms with E-state index in [-0.39, 0.29) is 10.7 Å². The summed E-state index contributed by atoms with van der Waals surface area (Å²) in [5, 5.41) is 12.1. The van der Waals surface area contributed by atoms with Gasteiger partial charge in [-0.25, -0.2) is 9.78 Å². The molecule has 6 heteroatoms. The van der Waals surface area contributed by atoms with Gasteiger partial charge in [-0.1, -0.05) is 23.7 Å². The number of aromatic nitrogens is 1. The van der Waals surface area contributed by atoms with Gasteiger partial charge in [0, 0.05) is 6.54 Å². The van der Waals surface area contributed by atoms with E-state index in [4.69, 9.17) is 21.4 Å². The highest BCUT2D eigenvalue weighted by Gasteiger charge is 2.07.